The Bertz CT molecular complexity index is 1280. The van der Waals surface area contributed by atoms with Crippen LogP contribution in [-0.4, -0.2) is 32.4 Å². The summed E-state index contributed by atoms with van der Waals surface area (Å²) in [6.07, 6.45) is 4.20. The molecule has 198 valence electrons. The van der Waals surface area contributed by atoms with Crippen LogP contribution in [0.4, 0.5) is 19.4 Å². The maximum absolute atomic E-state index is 15.0. The first kappa shape index (κ1) is 27.9. The van der Waals surface area contributed by atoms with Crippen LogP contribution in [0.25, 0.3) is 5.69 Å². The second-order valence-corrected chi connectivity index (χ2v) is 9.44. The quantitative estimate of drug-likeness (QED) is 0.236. The van der Waals surface area contributed by atoms with Gasteiger partial charge in [0.2, 0.25) is 5.82 Å². The highest BCUT2D eigenvalue weighted by atomic mass is 35.5. The van der Waals surface area contributed by atoms with Crippen LogP contribution >= 0.6 is 11.6 Å². The first-order valence-corrected chi connectivity index (χ1v) is 11.9. The van der Waals surface area contributed by atoms with Gasteiger partial charge in [0.15, 0.2) is 17.4 Å². The lowest BCUT2D eigenvalue weighted by Crippen LogP contribution is -2.27. The van der Waals surface area contributed by atoms with Gasteiger partial charge in [-0.3, -0.25) is 10.1 Å². The van der Waals surface area contributed by atoms with Crippen molar-refractivity contribution >= 4 is 29.5 Å². The Morgan fingerprint density at radius 1 is 1.14 bits per heavy atom. The zero-order chi connectivity index (χ0) is 27.2. The second-order valence-electron chi connectivity index (χ2n) is 9.00. The average Bonchev–Trinajstić information content (AvgIpc) is 3.16. The summed E-state index contributed by atoms with van der Waals surface area (Å²) in [5.74, 6) is -2.76. The molecule has 0 atom stereocenters. The predicted octanol–water partition coefficient (Wildman–Crippen LogP) is 6.82. The molecule has 0 fully saturated rings. The van der Waals surface area contributed by atoms with E-state index in [-0.39, 0.29) is 40.3 Å². The first-order valence-electron chi connectivity index (χ1n) is 11.5. The summed E-state index contributed by atoms with van der Waals surface area (Å²) in [6.45, 7) is 7.06. The summed E-state index contributed by atoms with van der Waals surface area (Å²) in [5, 5.41) is 6.67. The molecular weight excluding hydrogens is 510 g/mol. The summed E-state index contributed by atoms with van der Waals surface area (Å²) in [4.78, 5) is 28.3. The molecule has 0 unspecified atom stereocenters. The predicted molar refractivity (Wildman–Crippen MR) is 132 cm³/mol. The smallest absolute Gasteiger partial charge is 0.413 e. The number of benzene rings is 1. The van der Waals surface area contributed by atoms with Crippen molar-refractivity contribution in [3.05, 3.63) is 53.3 Å². The molecule has 0 bridgehead atoms. The third-order valence-electron chi connectivity index (χ3n) is 4.66. The van der Waals surface area contributed by atoms with Gasteiger partial charge in [-0.1, -0.05) is 31.4 Å². The normalized spacial score (nSPS) is 11.2. The average molecular weight is 537 g/mol. The lowest BCUT2D eigenvalue weighted by Gasteiger charge is -2.19. The fourth-order valence-corrected chi connectivity index (χ4v) is 3.21. The van der Waals surface area contributed by atoms with Gasteiger partial charge in [0.05, 0.1) is 11.2 Å². The SMILES string of the molecule is CCCCCC(=O)Oc1cn(-c2ccc(Oc3ncc(Cl)cc3F)cc2F)nc1NC(=O)OC(C)(C)C. The van der Waals surface area contributed by atoms with Gasteiger partial charge in [-0.2, -0.15) is 0 Å². The zero-order valence-corrected chi connectivity index (χ0v) is 21.6. The van der Waals surface area contributed by atoms with Crippen molar-refractivity contribution in [1.82, 2.24) is 14.8 Å². The topological polar surface area (TPSA) is 105 Å². The number of amides is 1. The minimum Gasteiger partial charge on any atom is -0.444 e. The van der Waals surface area contributed by atoms with Crippen molar-refractivity contribution in [2.24, 2.45) is 0 Å². The van der Waals surface area contributed by atoms with Crippen LogP contribution in [0.5, 0.6) is 17.4 Å². The number of rotatable bonds is 9. The minimum atomic E-state index is -0.831. The number of esters is 1. The molecular formula is C25H27ClF2N4O5. The van der Waals surface area contributed by atoms with E-state index in [2.05, 4.69) is 15.4 Å². The number of carbonyl (C=O) groups excluding carboxylic acids is 2. The van der Waals surface area contributed by atoms with Gasteiger partial charge in [0.25, 0.3) is 5.88 Å². The minimum absolute atomic E-state index is 0.0307. The lowest BCUT2D eigenvalue weighted by atomic mass is 10.2. The van der Waals surface area contributed by atoms with Crippen LogP contribution in [0.3, 0.4) is 0 Å². The summed E-state index contributed by atoms with van der Waals surface area (Å²) >= 11 is 5.68. The monoisotopic (exact) mass is 536 g/mol. The summed E-state index contributed by atoms with van der Waals surface area (Å²) in [5.41, 5.74) is -0.846. The van der Waals surface area contributed by atoms with Gasteiger partial charge in [0, 0.05) is 18.7 Å². The van der Waals surface area contributed by atoms with Crippen molar-refractivity contribution in [1.29, 1.82) is 0 Å². The molecule has 1 aromatic carbocycles. The number of pyridine rings is 1. The number of ether oxygens (including phenoxy) is 3. The van der Waals surface area contributed by atoms with Crippen molar-refractivity contribution in [3.63, 3.8) is 0 Å². The van der Waals surface area contributed by atoms with Gasteiger partial charge >= 0.3 is 12.1 Å². The molecule has 37 heavy (non-hydrogen) atoms. The Morgan fingerprint density at radius 2 is 1.89 bits per heavy atom. The number of hydrogen-bond donors (Lipinski definition) is 1. The molecule has 2 heterocycles. The van der Waals surface area contributed by atoms with Crippen LogP contribution in [0.1, 0.15) is 53.4 Å². The van der Waals surface area contributed by atoms with Crippen molar-refractivity contribution in [2.45, 2.75) is 59.0 Å². The highest BCUT2D eigenvalue weighted by molar-refractivity contribution is 6.30. The number of hydrogen-bond acceptors (Lipinski definition) is 7. The number of carbonyl (C=O) groups is 2. The third-order valence-corrected chi connectivity index (χ3v) is 4.87. The molecule has 0 saturated carbocycles. The molecule has 1 N–H and O–H groups in total. The molecule has 0 aliphatic heterocycles. The molecule has 3 rings (SSSR count). The van der Waals surface area contributed by atoms with Gasteiger partial charge in [-0.15, -0.1) is 5.10 Å². The number of nitrogens with one attached hydrogen (secondary N) is 1. The molecule has 0 saturated heterocycles. The second kappa shape index (κ2) is 12.0. The van der Waals surface area contributed by atoms with Crippen LogP contribution in [0.15, 0.2) is 36.7 Å². The Kier molecular flexibility index (Phi) is 9.04. The maximum atomic E-state index is 15.0. The molecule has 12 heteroatoms. The van der Waals surface area contributed by atoms with E-state index < -0.39 is 29.3 Å². The first-order chi connectivity index (χ1) is 17.4. The van der Waals surface area contributed by atoms with Crippen LogP contribution in [0, 0.1) is 11.6 Å². The van der Waals surface area contributed by atoms with Crippen molar-refractivity contribution < 1.29 is 32.6 Å². The third kappa shape index (κ3) is 8.14. The van der Waals surface area contributed by atoms with E-state index in [1.54, 1.807) is 20.8 Å². The fraction of sp³-hybridized carbons (Fsp3) is 0.360. The van der Waals surface area contributed by atoms with Gasteiger partial charge < -0.3 is 14.2 Å². The Balaban J connectivity index is 1.86. The fourth-order valence-electron chi connectivity index (χ4n) is 3.06. The van der Waals surface area contributed by atoms with E-state index in [9.17, 15) is 14.0 Å². The Morgan fingerprint density at radius 3 is 2.54 bits per heavy atom. The number of halogens is 3. The summed E-state index contributed by atoms with van der Waals surface area (Å²) in [7, 11) is 0. The highest BCUT2D eigenvalue weighted by Crippen LogP contribution is 2.30. The zero-order valence-electron chi connectivity index (χ0n) is 20.8. The van der Waals surface area contributed by atoms with Crippen molar-refractivity contribution in [2.75, 3.05) is 5.32 Å². The summed E-state index contributed by atoms with van der Waals surface area (Å²) in [6, 6.07) is 4.70. The number of nitrogens with zero attached hydrogens (tertiary/aromatic N) is 3. The number of anilines is 1. The van der Waals surface area contributed by atoms with Crippen LogP contribution in [0.2, 0.25) is 5.02 Å². The Hall–Kier alpha value is -3.73. The molecule has 0 spiro atoms. The van der Waals surface area contributed by atoms with E-state index in [4.69, 9.17) is 25.8 Å². The molecule has 3 aromatic rings. The van der Waals surface area contributed by atoms with E-state index in [1.807, 2.05) is 6.92 Å². The van der Waals surface area contributed by atoms with E-state index in [0.29, 0.717) is 6.42 Å². The van der Waals surface area contributed by atoms with Crippen LogP contribution < -0.4 is 14.8 Å². The van der Waals surface area contributed by atoms with E-state index in [0.717, 1.165) is 29.7 Å². The lowest BCUT2D eigenvalue weighted by molar-refractivity contribution is -0.134. The van der Waals surface area contributed by atoms with E-state index >= 15 is 4.39 Å². The Labute approximate surface area is 217 Å². The molecule has 0 radical (unpaired) electrons. The van der Waals surface area contributed by atoms with Crippen LogP contribution in [-0.2, 0) is 9.53 Å². The standard InChI is InChI=1S/C25H27ClF2N4O5/c1-5-6-7-8-21(33)36-20-14-32(31-22(20)30-24(34)37-25(2,3)4)19-10-9-16(12-17(19)27)35-23-18(28)11-15(26)13-29-23/h9-14H,5-8H2,1-4H3,(H,30,31,34). The van der Waals surface area contributed by atoms with Gasteiger partial charge in [-0.25, -0.2) is 23.2 Å². The molecule has 2 aromatic heterocycles. The molecule has 1 amide bonds. The molecule has 9 nitrogen and oxygen atoms in total. The summed E-state index contributed by atoms with van der Waals surface area (Å²) < 4.78 is 46.0. The van der Waals surface area contributed by atoms with Gasteiger partial charge in [0.1, 0.15) is 17.0 Å². The molecule has 0 aliphatic carbocycles. The van der Waals surface area contributed by atoms with E-state index in [1.165, 1.54) is 24.5 Å². The van der Waals surface area contributed by atoms with Gasteiger partial charge in [-0.05, 0) is 45.4 Å². The number of unbranched alkanes of at least 4 members (excludes halogenated alkanes) is 2. The largest absolute Gasteiger partial charge is 0.444 e. The highest BCUT2D eigenvalue weighted by Gasteiger charge is 2.22. The maximum Gasteiger partial charge on any atom is 0.413 e. The molecule has 0 aliphatic rings. The van der Waals surface area contributed by atoms with Crippen molar-refractivity contribution in [3.8, 4) is 23.1 Å². The number of aromatic nitrogens is 3.